The van der Waals surface area contributed by atoms with E-state index in [1.54, 1.807) is 6.20 Å². The summed E-state index contributed by atoms with van der Waals surface area (Å²) in [5.74, 6) is 0.449. The van der Waals surface area contributed by atoms with E-state index < -0.39 is 5.60 Å². The Morgan fingerprint density at radius 3 is 2.75 bits per heavy atom. The summed E-state index contributed by atoms with van der Waals surface area (Å²) in [5.41, 5.74) is 0.0242. The molecule has 0 aromatic carbocycles. The molecule has 1 aliphatic carbocycles. The van der Waals surface area contributed by atoms with Gasteiger partial charge in [-0.15, -0.1) is 5.10 Å². The predicted octanol–water partition coefficient (Wildman–Crippen LogP) is 2.10. The highest BCUT2D eigenvalue weighted by molar-refractivity contribution is 5.73. The van der Waals surface area contributed by atoms with Crippen molar-refractivity contribution in [3.8, 4) is 5.88 Å². The molecule has 0 saturated heterocycles. The van der Waals surface area contributed by atoms with Gasteiger partial charge in [0.2, 0.25) is 6.41 Å². The fourth-order valence-electron chi connectivity index (χ4n) is 2.52. The zero-order valence-corrected chi connectivity index (χ0v) is 12.3. The van der Waals surface area contributed by atoms with Crippen molar-refractivity contribution < 1.29 is 14.6 Å². The van der Waals surface area contributed by atoms with E-state index in [0.29, 0.717) is 18.0 Å². The fraction of sp³-hybridized carbons (Fsp3) is 0.714. The second kappa shape index (κ2) is 5.83. The maximum absolute atomic E-state index is 10.6. The first-order chi connectivity index (χ1) is 9.41. The minimum Gasteiger partial charge on any atom is -0.472 e. The molecule has 0 radical (unpaired) electrons. The van der Waals surface area contributed by atoms with Crippen LogP contribution in [0.5, 0.6) is 5.88 Å². The van der Waals surface area contributed by atoms with E-state index in [9.17, 15) is 9.90 Å². The van der Waals surface area contributed by atoms with Crippen molar-refractivity contribution >= 4 is 12.1 Å². The van der Waals surface area contributed by atoms with E-state index in [-0.39, 0.29) is 12.1 Å². The first-order valence-electron chi connectivity index (χ1n) is 7.09. The Balaban J connectivity index is 2.14. The molecule has 6 heteroatoms. The Morgan fingerprint density at radius 1 is 1.55 bits per heavy atom. The summed E-state index contributed by atoms with van der Waals surface area (Å²) in [7, 11) is 0. The SMILES string of the molecule is CC(C)Oc1nn([C@H]2CC[C@@](C)(O)CC2)cc1NC=O. The van der Waals surface area contributed by atoms with Gasteiger partial charge in [-0.05, 0) is 46.5 Å². The number of carbonyl (C=O) groups excluding carboxylic acids is 1. The number of carbonyl (C=O) groups is 1. The lowest BCUT2D eigenvalue weighted by molar-refractivity contribution is -0.105. The largest absolute Gasteiger partial charge is 0.472 e. The van der Waals surface area contributed by atoms with Crippen molar-refractivity contribution in [1.29, 1.82) is 0 Å². The van der Waals surface area contributed by atoms with Crippen molar-refractivity contribution in [2.75, 3.05) is 5.32 Å². The summed E-state index contributed by atoms with van der Waals surface area (Å²) >= 11 is 0. The van der Waals surface area contributed by atoms with Crippen LogP contribution in [0.3, 0.4) is 0 Å². The van der Waals surface area contributed by atoms with Gasteiger partial charge in [-0.1, -0.05) is 0 Å². The highest BCUT2D eigenvalue weighted by atomic mass is 16.5. The van der Waals surface area contributed by atoms with Gasteiger partial charge in [-0.25, -0.2) is 0 Å². The second-order valence-corrected chi connectivity index (χ2v) is 5.98. The quantitative estimate of drug-likeness (QED) is 0.810. The molecule has 1 aromatic rings. The topological polar surface area (TPSA) is 76.4 Å². The van der Waals surface area contributed by atoms with Crippen molar-refractivity contribution in [2.45, 2.75) is 64.2 Å². The van der Waals surface area contributed by atoms with Gasteiger partial charge in [0.25, 0.3) is 5.88 Å². The summed E-state index contributed by atoms with van der Waals surface area (Å²) in [6.07, 6.45) is 5.68. The highest BCUT2D eigenvalue weighted by Gasteiger charge is 2.30. The molecular weight excluding hydrogens is 258 g/mol. The lowest BCUT2D eigenvalue weighted by Gasteiger charge is -2.32. The monoisotopic (exact) mass is 281 g/mol. The van der Waals surface area contributed by atoms with Gasteiger partial charge in [-0.3, -0.25) is 9.48 Å². The molecule has 0 bridgehead atoms. The number of nitrogens with one attached hydrogen (secondary N) is 1. The zero-order valence-electron chi connectivity index (χ0n) is 12.3. The smallest absolute Gasteiger partial charge is 0.257 e. The minimum atomic E-state index is -0.565. The molecule has 0 atom stereocenters. The summed E-state index contributed by atoms with van der Waals surface area (Å²) in [4.78, 5) is 10.6. The van der Waals surface area contributed by atoms with E-state index >= 15 is 0 Å². The second-order valence-electron chi connectivity index (χ2n) is 5.98. The molecule has 1 aliphatic rings. The maximum atomic E-state index is 10.6. The van der Waals surface area contributed by atoms with Crippen LogP contribution in [-0.2, 0) is 4.79 Å². The molecule has 0 aliphatic heterocycles. The Labute approximate surface area is 119 Å². The molecule has 1 heterocycles. The molecule has 0 unspecified atom stereocenters. The van der Waals surface area contributed by atoms with Crippen molar-refractivity contribution in [2.24, 2.45) is 0 Å². The van der Waals surface area contributed by atoms with Crippen LogP contribution in [0.4, 0.5) is 5.69 Å². The molecule has 1 amide bonds. The molecule has 6 nitrogen and oxygen atoms in total. The van der Waals surface area contributed by atoms with Gasteiger partial charge in [0.15, 0.2) is 0 Å². The summed E-state index contributed by atoms with van der Waals surface area (Å²) in [6.45, 7) is 5.71. The fourth-order valence-corrected chi connectivity index (χ4v) is 2.52. The van der Waals surface area contributed by atoms with Crippen LogP contribution in [0, 0.1) is 0 Å². The van der Waals surface area contributed by atoms with E-state index in [1.807, 2.05) is 25.5 Å². The Kier molecular flexibility index (Phi) is 4.32. The van der Waals surface area contributed by atoms with Crippen molar-refractivity contribution in [3.63, 3.8) is 0 Å². The number of rotatable bonds is 5. The van der Waals surface area contributed by atoms with E-state index in [2.05, 4.69) is 10.4 Å². The molecule has 0 spiro atoms. The standard InChI is InChI=1S/C14H23N3O3/c1-10(2)20-13-12(15-9-18)8-17(16-13)11-4-6-14(3,19)7-5-11/h8-11,19H,4-7H2,1-3H3,(H,15,18)/t11-,14+. The van der Waals surface area contributed by atoms with Gasteiger partial charge in [0.05, 0.1) is 23.9 Å². The molecule has 1 saturated carbocycles. The number of anilines is 1. The average Bonchev–Trinajstić information content (AvgIpc) is 2.72. The molecule has 2 rings (SSSR count). The molecule has 2 N–H and O–H groups in total. The van der Waals surface area contributed by atoms with Crippen LogP contribution in [-0.4, -0.2) is 33.0 Å². The van der Waals surface area contributed by atoms with Crippen molar-refractivity contribution in [3.05, 3.63) is 6.20 Å². The third-order valence-corrected chi connectivity index (χ3v) is 3.67. The molecule has 20 heavy (non-hydrogen) atoms. The van der Waals surface area contributed by atoms with Crippen molar-refractivity contribution in [1.82, 2.24) is 9.78 Å². The third-order valence-electron chi connectivity index (χ3n) is 3.67. The normalized spacial score (nSPS) is 26.6. The Hall–Kier alpha value is -1.56. The van der Waals surface area contributed by atoms with Crippen LogP contribution in [0.2, 0.25) is 0 Å². The summed E-state index contributed by atoms with van der Waals surface area (Å²) < 4.78 is 7.45. The Morgan fingerprint density at radius 2 is 2.20 bits per heavy atom. The van der Waals surface area contributed by atoms with Crippen LogP contribution in [0.15, 0.2) is 6.20 Å². The summed E-state index contributed by atoms with van der Waals surface area (Å²) in [5, 5.41) is 17.0. The lowest BCUT2D eigenvalue weighted by Crippen LogP contribution is -2.31. The molecule has 112 valence electrons. The predicted molar refractivity (Wildman–Crippen MR) is 75.8 cm³/mol. The van der Waals surface area contributed by atoms with E-state index in [4.69, 9.17) is 4.74 Å². The number of hydrogen-bond donors (Lipinski definition) is 2. The highest BCUT2D eigenvalue weighted by Crippen LogP contribution is 2.36. The summed E-state index contributed by atoms with van der Waals surface area (Å²) in [6, 6.07) is 0.243. The van der Waals surface area contributed by atoms with Gasteiger partial charge < -0.3 is 15.2 Å². The number of nitrogens with zero attached hydrogens (tertiary/aromatic N) is 2. The zero-order chi connectivity index (χ0) is 14.8. The third kappa shape index (κ3) is 3.50. The first-order valence-corrected chi connectivity index (χ1v) is 7.09. The number of aromatic nitrogens is 2. The molecule has 1 aromatic heterocycles. The maximum Gasteiger partial charge on any atom is 0.257 e. The van der Waals surface area contributed by atoms with Gasteiger partial charge >= 0.3 is 0 Å². The van der Waals surface area contributed by atoms with Crippen LogP contribution >= 0.6 is 0 Å². The number of amides is 1. The van der Waals surface area contributed by atoms with Gasteiger partial charge in [0, 0.05) is 0 Å². The lowest BCUT2D eigenvalue weighted by atomic mass is 9.84. The van der Waals surface area contributed by atoms with Crippen LogP contribution < -0.4 is 10.1 Å². The minimum absolute atomic E-state index is 0.00218. The van der Waals surface area contributed by atoms with E-state index in [1.165, 1.54) is 0 Å². The first kappa shape index (κ1) is 14.8. The van der Waals surface area contributed by atoms with Gasteiger partial charge in [0.1, 0.15) is 5.69 Å². The molecule has 1 fully saturated rings. The average molecular weight is 281 g/mol. The van der Waals surface area contributed by atoms with Gasteiger partial charge in [-0.2, -0.15) is 0 Å². The number of aliphatic hydroxyl groups is 1. The molecular formula is C14H23N3O3. The number of ether oxygens (including phenoxy) is 1. The number of hydrogen-bond acceptors (Lipinski definition) is 4. The van der Waals surface area contributed by atoms with E-state index in [0.717, 1.165) is 25.7 Å². The van der Waals surface area contributed by atoms with Crippen LogP contribution in [0.25, 0.3) is 0 Å². The Bertz CT molecular complexity index is 458. The van der Waals surface area contributed by atoms with Crippen LogP contribution in [0.1, 0.15) is 52.5 Å².